The number of halogens is 2. The summed E-state index contributed by atoms with van der Waals surface area (Å²) in [6.07, 6.45) is 5.43. The molecule has 152 valence electrons. The zero-order chi connectivity index (χ0) is 20.2. The Labute approximate surface area is 172 Å². The first-order chi connectivity index (χ1) is 14.1. The van der Waals surface area contributed by atoms with Crippen molar-refractivity contribution < 1.29 is 13.8 Å². The molecular weight excluding hydrogens is 397 g/mol. The summed E-state index contributed by atoms with van der Waals surface area (Å²) in [5.74, 6) is 1.37. The number of aromatic nitrogens is 3. The highest BCUT2D eigenvalue weighted by molar-refractivity contribution is 6.30. The van der Waals surface area contributed by atoms with E-state index in [4.69, 9.17) is 16.1 Å². The van der Waals surface area contributed by atoms with Gasteiger partial charge in [-0.25, -0.2) is 5.54 Å². The zero-order valence-corrected chi connectivity index (χ0v) is 16.5. The largest absolute Gasteiger partial charge is 0.357 e. The van der Waals surface area contributed by atoms with Crippen molar-refractivity contribution in [1.29, 1.82) is 0 Å². The minimum absolute atomic E-state index is 0.0840. The van der Waals surface area contributed by atoms with Gasteiger partial charge in [0.15, 0.2) is 0 Å². The van der Waals surface area contributed by atoms with Gasteiger partial charge >= 0.3 is 0 Å². The number of carbonyl (C=O) groups excluding carboxylic acids is 1. The maximum Gasteiger partial charge on any atom is 0.227 e. The predicted molar refractivity (Wildman–Crippen MR) is 108 cm³/mol. The molecule has 2 aromatic heterocycles. The summed E-state index contributed by atoms with van der Waals surface area (Å²) in [6, 6.07) is 8.50. The molecule has 3 aromatic rings. The first-order valence-corrected chi connectivity index (χ1v) is 9.94. The first-order valence-electron chi connectivity index (χ1n) is 9.56. The van der Waals surface area contributed by atoms with Crippen LogP contribution in [0.2, 0.25) is 5.02 Å². The summed E-state index contributed by atoms with van der Waals surface area (Å²) >= 11 is 5.91. The minimum atomic E-state index is 0.0840. The van der Waals surface area contributed by atoms with Crippen molar-refractivity contribution in [2.24, 2.45) is 5.92 Å². The number of nitrogens with zero attached hydrogens (tertiary/aromatic N) is 3. The van der Waals surface area contributed by atoms with E-state index < -0.39 is 0 Å². The van der Waals surface area contributed by atoms with Gasteiger partial charge in [-0.15, -0.1) is 4.48 Å². The molecule has 1 fully saturated rings. The normalized spacial score (nSPS) is 17.4. The summed E-state index contributed by atoms with van der Waals surface area (Å²) < 4.78 is 17.8. The van der Waals surface area contributed by atoms with E-state index in [9.17, 15) is 9.28 Å². The van der Waals surface area contributed by atoms with Gasteiger partial charge in [0.2, 0.25) is 17.6 Å². The Morgan fingerprint density at radius 3 is 2.90 bits per heavy atom. The summed E-state index contributed by atoms with van der Waals surface area (Å²) in [5.41, 5.74) is 3.47. The third-order valence-electron chi connectivity index (χ3n) is 5.17. The monoisotopic (exact) mass is 417 g/mol. The minimum Gasteiger partial charge on any atom is -0.357 e. The number of hydrogen-bond donors (Lipinski definition) is 2. The molecule has 1 atom stereocenters. The molecule has 0 radical (unpaired) electrons. The second-order valence-electron chi connectivity index (χ2n) is 7.18. The summed E-state index contributed by atoms with van der Waals surface area (Å²) in [7, 11) is 0. The number of nitrogens with one attached hydrogen (secondary N) is 2. The van der Waals surface area contributed by atoms with Gasteiger partial charge in [-0.2, -0.15) is 4.98 Å². The van der Waals surface area contributed by atoms with Crippen LogP contribution < -0.4 is 10.4 Å². The van der Waals surface area contributed by atoms with Gasteiger partial charge in [0.05, 0.1) is 16.4 Å². The SMILES string of the molecule is O=C1CC(CCc2nc(-c3cc(Cl)c[nH]3)no2)CCCN1c1ccc(NF)cc1. The highest BCUT2D eigenvalue weighted by Gasteiger charge is 2.25. The number of H-pyrrole nitrogens is 1. The Kier molecular flexibility index (Phi) is 5.80. The van der Waals surface area contributed by atoms with Crippen LogP contribution in [0, 0.1) is 5.92 Å². The predicted octanol–water partition coefficient (Wildman–Crippen LogP) is 4.78. The summed E-state index contributed by atoms with van der Waals surface area (Å²) in [4.78, 5) is 21.9. The highest BCUT2D eigenvalue weighted by atomic mass is 35.5. The molecule has 1 saturated heterocycles. The topological polar surface area (TPSA) is 87.0 Å². The molecule has 0 aliphatic carbocycles. The second kappa shape index (κ2) is 8.65. The van der Waals surface area contributed by atoms with Crippen LogP contribution in [0.4, 0.5) is 15.9 Å². The van der Waals surface area contributed by atoms with E-state index in [2.05, 4.69) is 15.1 Å². The van der Waals surface area contributed by atoms with E-state index in [0.29, 0.717) is 47.5 Å². The number of amides is 1. The molecule has 2 N–H and O–H groups in total. The fourth-order valence-electron chi connectivity index (χ4n) is 3.64. The zero-order valence-electron chi connectivity index (χ0n) is 15.7. The van der Waals surface area contributed by atoms with Gasteiger partial charge in [-0.3, -0.25) is 4.79 Å². The van der Waals surface area contributed by atoms with Gasteiger partial charge in [-0.05, 0) is 55.5 Å². The molecule has 29 heavy (non-hydrogen) atoms. The molecule has 1 aromatic carbocycles. The number of aryl methyl sites for hydroxylation is 1. The van der Waals surface area contributed by atoms with Crippen molar-refractivity contribution in [1.82, 2.24) is 15.1 Å². The average Bonchev–Trinajstić information content (AvgIpc) is 3.33. The van der Waals surface area contributed by atoms with Gasteiger partial charge in [-0.1, -0.05) is 16.8 Å². The van der Waals surface area contributed by atoms with Crippen LogP contribution in [-0.2, 0) is 11.2 Å². The lowest BCUT2D eigenvalue weighted by molar-refractivity contribution is -0.119. The van der Waals surface area contributed by atoms with Crippen molar-refractivity contribution >= 4 is 28.9 Å². The molecule has 1 aliphatic rings. The molecule has 1 unspecified atom stereocenters. The number of carbonyl (C=O) groups is 1. The molecular formula is C20H21ClFN5O2. The van der Waals surface area contributed by atoms with Crippen LogP contribution >= 0.6 is 11.6 Å². The van der Waals surface area contributed by atoms with Crippen LogP contribution in [0.1, 0.15) is 31.6 Å². The number of hydrogen-bond acceptors (Lipinski definition) is 5. The Morgan fingerprint density at radius 1 is 1.34 bits per heavy atom. The number of anilines is 2. The number of rotatable bonds is 6. The second-order valence-corrected chi connectivity index (χ2v) is 7.62. The standard InChI is InChI=1S/C20H21ClFN5O2/c21-14-11-17(23-12-14)20-24-18(29-26-20)8-3-13-2-1-9-27(19(28)10-13)16-6-4-15(25-22)5-7-16/h4-7,11-13,23,25H,1-3,8-10H2. The average molecular weight is 418 g/mol. The fourth-order valence-corrected chi connectivity index (χ4v) is 3.80. The molecule has 7 nitrogen and oxygen atoms in total. The molecule has 0 saturated carbocycles. The van der Waals surface area contributed by atoms with Crippen molar-refractivity contribution in [3.05, 3.63) is 47.4 Å². The lowest BCUT2D eigenvalue weighted by Crippen LogP contribution is -2.30. The third kappa shape index (κ3) is 4.59. The smallest absolute Gasteiger partial charge is 0.227 e. The van der Waals surface area contributed by atoms with E-state index in [1.165, 1.54) is 0 Å². The molecule has 1 amide bonds. The Bertz CT molecular complexity index is 971. The van der Waals surface area contributed by atoms with Crippen molar-refractivity contribution in [3.63, 3.8) is 0 Å². The lowest BCUT2D eigenvalue weighted by Gasteiger charge is -2.21. The molecule has 0 bridgehead atoms. The number of aromatic amines is 1. The Balaban J connectivity index is 1.34. The van der Waals surface area contributed by atoms with Gasteiger partial charge < -0.3 is 14.4 Å². The van der Waals surface area contributed by atoms with Gasteiger partial charge in [0.1, 0.15) is 0 Å². The number of benzene rings is 1. The molecule has 0 spiro atoms. The Morgan fingerprint density at radius 2 is 2.17 bits per heavy atom. The van der Waals surface area contributed by atoms with Crippen molar-refractivity contribution in [3.8, 4) is 11.5 Å². The fraction of sp³-hybridized carbons (Fsp3) is 0.350. The van der Waals surface area contributed by atoms with Crippen LogP contribution in [0.3, 0.4) is 0 Å². The summed E-state index contributed by atoms with van der Waals surface area (Å²) in [6.45, 7) is 0.663. The molecule has 9 heteroatoms. The molecule has 3 heterocycles. The maximum absolute atomic E-state index is 12.8. The van der Waals surface area contributed by atoms with Crippen LogP contribution in [0.15, 0.2) is 41.1 Å². The van der Waals surface area contributed by atoms with Crippen LogP contribution in [-0.4, -0.2) is 27.6 Å². The van der Waals surface area contributed by atoms with Crippen molar-refractivity contribution in [2.45, 2.75) is 32.1 Å². The maximum atomic E-state index is 12.8. The van der Waals surface area contributed by atoms with Gasteiger partial charge in [0, 0.05) is 31.3 Å². The third-order valence-corrected chi connectivity index (χ3v) is 5.39. The van der Waals surface area contributed by atoms with E-state index in [-0.39, 0.29) is 11.8 Å². The molecule has 1 aliphatic heterocycles. The van der Waals surface area contributed by atoms with Crippen molar-refractivity contribution in [2.75, 3.05) is 17.0 Å². The summed E-state index contributed by atoms with van der Waals surface area (Å²) in [5, 5.41) is 4.57. The van der Waals surface area contributed by atoms with E-state index >= 15 is 0 Å². The Hall–Kier alpha value is -2.87. The van der Waals surface area contributed by atoms with Crippen LogP contribution in [0.25, 0.3) is 11.5 Å². The quantitative estimate of drug-likeness (QED) is 0.563. The highest BCUT2D eigenvalue weighted by Crippen LogP contribution is 2.28. The van der Waals surface area contributed by atoms with Gasteiger partial charge in [0.25, 0.3) is 0 Å². The lowest BCUT2D eigenvalue weighted by atomic mass is 9.95. The van der Waals surface area contributed by atoms with E-state index in [1.54, 1.807) is 47.0 Å². The van der Waals surface area contributed by atoms with E-state index in [1.807, 2.05) is 0 Å². The first kappa shape index (κ1) is 19.4. The van der Waals surface area contributed by atoms with E-state index in [0.717, 1.165) is 24.9 Å². The molecule has 4 rings (SSSR count). The van der Waals surface area contributed by atoms with Crippen LogP contribution in [0.5, 0.6) is 0 Å².